The van der Waals surface area contributed by atoms with Gasteiger partial charge in [-0.1, -0.05) is 24.3 Å². The smallest absolute Gasteiger partial charge is 0.123 e. The molecule has 3 rings (SSSR count). The average molecular weight is 270 g/mol. The summed E-state index contributed by atoms with van der Waals surface area (Å²) in [5.74, 6) is -0.187. The van der Waals surface area contributed by atoms with Crippen LogP contribution < -0.4 is 4.90 Å². The Kier molecular flexibility index (Phi) is 3.70. The molecule has 3 heteroatoms. The van der Waals surface area contributed by atoms with Crippen LogP contribution in [-0.4, -0.2) is 38.1 Å². The van der Waals surface area contributed by atoms with Crippen molar-refractivity contribution in [3.05, 3.63) is 54.3 Å². The van der Waals surface area contributed by atoms with Gasteiger partial charge in [0.25, 0.3) is 0 Å². The van der Waals surface area contributed by atoms with Crippen LogP contribution in [0.15, 0.2) is 48.5 Å². The van der Waals surface area contributed by atoms with Crippen LogP contribution in [0.4, 0.5) is 10.1 Å². The summed E-state index contributed by atoms with van der Waals surface area (Å²) in [5, 5.41) is 0. The lowest BCUT2D eigenvalue weighted by atomic mass is 10.0. The molecule has 0 amide bonds. The van der Waals surface area contributed by atoms with Crippen molar-refractivity contribution in [2.45, 2.75) is 0 Å². The number of piperazine rings is 1. The average Bonchev–Trinajstić information content (AvgIpc) is 2.48. The minimum absolute atomic E-state index is 0.187. The van der Waals surface area contributed by atoms with E-state index in [-0.39, 0.29) is 5.82 Å². The highest BCUT2D eigenvalue weighted by Gasteiger charge is 2.14. The number of halogens is 1. The van der Waals surface area contributed by atoms with E-state index in [1.54, 1.807) is 12.1 Å². The summed E-state index contributed by atoms with van der Waals surface area (Å²) >= 11 is 0. The maximum atomic E-state index is 13.3. The highest BCUT2D eigenvalue weighted by molar-refractivity contribution is 5.68. The van der Waals surface area contributed by atoms with Gasteiger partial charge in [0.05, 0.1) is 0 Å². The zero-order chi connectivity index (χ0) is 13.9. The largest absolute Gasteiger partial charge is 0.369 e. The van der Waals surface area contributed by atoms with Gasteiger partial charge in [-0.2, -0.15) is 0 Å². The molecular weight excluding hydrogens is 251 g/mol. The molecule has 0 N–H and O–H groups in total. The molecule has 1 heterocycles. The SMILES string of the molecule is CN1CCN(c2cccc(-c3cccc(F)c3)c2)CC1. The van der Waals surface area contributed by atoms with Crippen molar-refractivity contribution in [3.8, 4) is 11.1 Å². The van der Waals surface area contributed by atoms with Gasteiger partial charge in [0.15, 0.2) is 0 Å². The van der Waals surface area contributed by atoms with E-state index >= 15 is 0 Å². The fourth-order valence-corrected chi connectivity index (χ4v) is 2.61. The van der Waals surface area contributed by atoms with Gasteiger partial charge in [0.2, 0.25) is 0 Å². The molecule has 1 aliphatic heterocycles. The van der Waals surface area contributed by atoms with Crippen molar-refractivity contribution in [1.29, 1.82) is 0 Å². The van der Waals surface area contributed by atoms with Gasteiger partial charge < -0.3 is 9.80 Å². The van der Waals surface area contributed by atoms with Crippen molar-refractivity contribution < 1.29 is 4.39 Å². The van der Waals surface area contributed by atoms with E-state index in [9.17, 15) is 4.39 Å². The minimum atomic E-state index is -0.187. The molecule has 0 saturated carbocycles. The third kappa shape index (κ3) is 2.83. The fraction of sp³-hybridized carbons (Fsp3) is 0.294. The van der Waals surface area contributed by atoms with E-state index in [0.717, 1.165) is 37.3 Å². The van der Waals surface area contributed by atoms with E-state index in [1.165, 1.54) is 11.8 Å². The van der Waals surface area contributed by atoms with E-state index in [1.807, 2.05) is 18.2 Å². The first-order valence-electron chi connectivity index (χ1n) is 7.02. The Hall–Kier alpha value is -1.87. The second-order valence-electron chi connectivity index (χ2n) is 5.35. The van der Waals surface area contributed by atoms with Gasteiger partial charge in [-0.15, -0.1) is 0 Å². The number of hydrogen-bond donors (Lipinski definition) is 0. The Morgan fingerprint density at radius 1 is 0.850 bits per heavy atom. The maximum Gasteiger partial charge on any atom is 0.123 e. The Balaban J connectivity index is 1.86. The summed E-state index contributed by atoms with van der Waals surface area (Å²) in [6.45, 7) is 4.26. The van der Waals surface area contributed by atoms with E-state index in [2.05, 4.69) is 29.0 Å². The van der Waals surface area contributed by atoms with Crippen LogP contribution in [0.2, 0.25) is 0 Å². The monoisotopic (exact) mass is 270 g/mol. The highest BCUT2D eigenvalue weighted by atomic mass is 19.1. The number of likely N-dealkylation sites (N-methyl/N-ethyl adjacent to an activating group) is 1. The summed E-state index contributed by atoms with van der Waals surface area (Å²) in [4.78, 5) is 4.73. The zero-order valence-electron chi connectivity index (χ0n) is 11.7. The molecular formula is C17H19FN2. The van der Waals surface area contributed by atoms with E-state index < -0.39 is 0 Å². The molecule has 0 spiro atoms. The Morgan fingerprint density at radius 2 is 1.50 bits per heavy atom. The van der Waals surface area contributed by atoms with E-state index in [4.69, 9.17) is 0 Å². The molecule has 0 bridgehead atoms. The molecule has 0 atom stereocenters. The van der Waals surface area contributed by atoms with Crippen LogP contribution >= 0.6 is 0 Å². The van der Waals surface area contributed by atoms with Crippen LogP contribution in [0.1, 0.15) is 0 Å². The molecule has 2 nitrogen and oxygen atoms in total. The number of nitrogens with zero attached hydrogens (tertiary/aromatic N) is 2. The molecule has 0 aromatic heterocycles. The van der Waals surface area contributed by atoms with Gasteiger partial charge in [-0.3, -0.25) is 0 Å². The third-order valence-electron chi connectivity index (χ3n) is 3.87. The highest BCUT2D eigenvalue weighted by Crippen LogP contribution is 2.25. The minimum Gasteiger partial charge on any atom is -0.369 e. The fourth-order valence-electron chi connectivity index (χ4n) is 2.61. The van der Waals surface area contributed by atoms with Gasteiger partial charge in [-0.05, 0) is 42.4 Å². The standard InChI is InChI=1S/C17H19FN2/c1-19-8-10-20(11-9-19)17-7-3-5-15(13-17)14-4-2-6-16(18)12-14/h2-7,12-13H,8-11H2,1H3. The number of hydrogen-bond acceptors (Lipinski definition) is 2. The van der Waals surface area contributed by atoms with Crippen LogP contribution in [0, 0.1) is 5.82 Å². The summed E-state index contributed by atoms with van der Waals surface area (Å²) in [7, 11) is 2.15. The first kappa shape index (κ1) is 13.1. The lowest BCUT2D eigenvalue weighted by molar-refractivity contribution is 0.313. The van der Waals surface area contributed by atoms with Crippen molar-refractivity contribution in [2.75, 3.05) is 38.1 Å². The molecule has 2 aromatic rings. The molecule has 104 valence electrons. The second kappa shape index (κ2) is 5.63. The Bertz CT molecular complexity index is 589. The first-order valence-corrected chi connectivity index (χ1v) is 7.02. The summed E-state index contributed by atoms with van der Waals surface area (Å²) in [5.41, 5.74) is 3.22. The van der Waals surface area contributed by atoms with Crippen LogP contribution in [-0.2, 0) is 0 Å². The quantitative estimate of drug-likeness (QED) is 0.826. The molecule has 1 aliphatic rings. The molecule has 0 radical (unpaired) electrons. The molecule has 0 aliphatic carbocycles. The van der Waals surface area contributed by atoms with Gasteiger partial charge in [0.1, 0.15) is 5.82 Å². The van der Waals surface area contributed by atoms with Gasteiger partial charge in [-0.25, -0.2) is 4.39 Å². The zero-order valence-corrected chi connectivity index (χ0v) is 11.7. The molecule has 1 fully saturated rings. The van der Waals surface area contributed by atoms with Crippen LogP contribution in [0.3, 0.4) is 0 Å². The lowest BCUT2D eigenvalue weighted by Crippen LogP contribution is -2.44. The van der Waals surface area contributed by atoms with Crippen LogP contribution in [0.25, 0.3) is 11.1 Å². The maximum absolute atomic E-state index is 13.3. The first-order chi connectivity index (χ1) is 9.72. The van der Waals surface area contributed by atoms with Crippen molar-refractivity contribution >= 4 is 5.69 Å². The Morgan fingerprint density at radius 3 is 2.20 bits per heavy atom. The number of rotatable bonds is 2. The number of benzene rings is 2. The van der Waals surface area contributed by atoms with Gasteiger partial charge >= 0.3 is 0 Å². The van der Waals surface area contributed by atoms with Crippen LogP contribution in [0.5, 0.6) is 0 Å². The Labute approximate surface area is 119 Å². The number of anilines is 1. The van der Waals surface area contributed by atoms with Crippen molar-refractivity contribution in [3.63, 3.8) is 0 Å². The third-order valence-corrected chi connectivity index (χ3v) is 3.87. The molecule has 2 aromatic carbocycles. The lowest BCUT2D eigenvalue weighted by Gasteiger charge is -2.34. The predicted molar refractivity (Wildman–Crippen MR) is 81.5 cm³/mol. The topological polar surface area (TPSA) is 6.48 Å². The van der Waals surface area contributed by atoms with Gasteiger partial charge in [0, 0.05) is 31.9 Å². The second-order valence-corrected chi connectivity index (χ2v) is 5.35. The molecule has 0 unspecified atom stereocenters. The molecule has 20 heavy (non-hydrogen) atoms. The van der Waals surface area contributed by atoms with Crippen molar-refractivity contribution in [2.24, 2.45) is 0 Å². The summed E-state index contributed by atoms with van der Waals surface area (Å²) in [6, 6.07) is 15.1. The normalized spacial score (nSPS) is 16.4. The van der Waals surface area contributed by atoms with Crippen molar-refractivity contribution in [1.82, 2.24) is 4.90 Å². The predicted octanol–water partition coefficient (Wildman–Crippen LogP) is 3.24. The molecule has 1 saturated heterocycles. The van der Waals surface area contributed by atoms with E-state index in [0.29, 0.717) is 0 Å². The summed E-state index contributed by atoms with van der Waals surface area (Å²) in [6.07, 6.45) is 0. The summed E-state index contributed by atoms with van der Waals surface area (Å²) < 4.78 is 13.3.